The molecule has 0 aliphatic rings. The van der Waals surface area contributed by atoms with Crippen molar-refractivity contribution in [3.63, 3.8) is 0 Å². The summed E-state index contributed by atoms with van der Waals surface area (Å²) in [6.07, 6.45) is 0. The SMILES string of the molecule is [Cr][Mo].[Fe].[V].[W]. The van der Waals surface area contributed by atoms with E-state index in [-0.39, 0.29) is 56.7 Å². The average molecular weight is 439 g/mol. The fraction of sp³-hybridized carbons (Fsp3) is 0. The fourth-order valence-electron chi connectivity index (χ4n) is 0. The third-order valence-electron chi connectivity index (χ3n) is 0. The molecule has 0 atom stereocenters. The molecule has 0 nitrogen and oxygen atoms in total. The Morgan fingerprint density at radius 2 is 1.20 bits per heavy atom. The van der Waals surface area contributed by atoms with Crippen LogP contribution in [0.25, 0.3) is 0 Å². The molecule has 0 rings (SSSR count). The molecular formula is CrFeMoVW. The monoisotopic (exact) mass is 441 g/mol. The molecule has 0 aromatic carbocycles. The molecule has 0 heterocycles. The van der Waals surface area contributed by atoms with Crippen LogP contribution in [0, 0.1) is 0 Å². The van der Waals surface area contributed by atoms with Crippen molar-refractivity contribution in [2.45, 2.75) is 0 Å². The molecule has 0 spiro atoms. The van der Waals surface area contributed by atoms with Gasteiger partial charge in [0, 0.05) is 56.7 Å². The first-order valence-corrected chi connectivity index (χ1v) is 4.07. The smallest absolute Gasteiger partial charge is 0 e. The van der Waals surface area contributed by atoms with Gasteiger partial charge in [-0.2, -0.15) is 0 Å². The summed E-state index contributed by atoms with van der Waals surface area (Å²) < 4.78 is 0. The van der Waals surface area contributed by atoms with Gasteiger partial charge < -0.3 is 0 Å². The molecule has 1 radical (unpaired) electrons. The topological polar surface area (TPSA) is 0 Å². The van der Waals surface area contributed by atoms with E-state index in [4.69, 9.17) is 0 Å². The van der Waals surface area contributed by atoms with Crippen molar-refractivity contribution >= 4 is 0 Å². The Hall–Kier alpha value is 3.01. The molecule has 0 N–H and O–H groups in total. The van der Waals surface area contributed by atoms with Crippen LogP contribution in [-0.4, -0.2) is 0 Å². The van der Waals surface area contributed by atoms with Gasteiger partial charge >= 0.3 is 31.3 Å². The molecule has 0 saturated heterocycles. The summed E-state index contributed by atoms with van der Waals surface area (Å²) in [6.45, 7) is 0. The second kappa shape index (κ2) is 27.9. The molecule has 0 amide bonds. The van der Waals surface area contributed by atoms with Crippen LogP contribution in [0.2, 0.25) is 0 Å². The molecule has 0 aromatic rings. The van der Waals surface area contributed by atoms with Crippen molar-refractivity contribution in [3.05, 3.63) is 0 Å². The molecule has 5 heavy (non-hydrogen) atoms. The molecule has 0 fully saturated rings. The predicted molar refractivity (Wildman–Crippen MR) is 0 cm³/mol. The van der Waals surface area contributed by atoms with Gasteiger partial charge in [-0.05, 0) is 0 Å². The summed E-state index contributed by atoms with van der Waals surface area (Å²) in [7, 11) is 0. The van der Waals surface area contributed by atoms with Gasteiger partial charge in [0.05, 0.1) is 0 Å². The minimum absolute atomic E-state index is 0. The van der Waals surface area contributed by atoms with E-state index >= 15 is 0 Å². The quantitative estimate of drug-likeness (QED) is 0.467. The molecule has 0 unspecified atom stereocenters. The van der Waals surface area contributed by atoms with E-state index < -0.39 is 0 Å². The van der Waals surface area contributed by atoms with Gasteiger partial charge in [-0.25, -0.2) is 0 Å². The second-order valence-electron chi connectivity index (χ2n) is 0. The number of hydrogen-bond acceptors (Lipinski definition) is 0. The van der Waals surface area contributed by atoms with Crippen molar-refractivity contribution in [3.8, 4) is 0 Å². The van der Waals surface area contributed by atoms with Crippen LogP contribution in [0.4, 0.5) is 0 Å². The molecule has 0 saturated carbocycles. The summed E-state index contributed by atoms with van der Waals surface area (Å²) in [6, 6.07) is 0. The molecule has 5 heteroatoms. The fourth-order valence-corrected chi connectivity index (χ4v) is 0. The largest absolute Gasteiger partial charge is 0 e. The van der Waals surface area contributed by atoms with E-state index in [2.05, 4.69) is 13.6 Å². The normalized spacial score (nSPS) is 0.800. The van der Waals surface area contributed by atoms with E-state index in [0.29, 0.717) is 0 Å². The van der Waals surface area contributed by atoms with Gasteiger partial charge in [-0.15, -0.1) is 0 Å². The Balaban J connectivity index is -0.00000000167. The first-order chi connectivity index (χ1) is 1.00. The Morgan fingerprint density at radius 3 is 1.20 bits per heavy atom. The predicted octanol–water partition coefficient (Wildman–Crippen LogP) is -0.0125. The zero-order chi connectivity index (χ0) is 2.00. The first-order valence-electron chi connectivity index (χ1n) is 0.167. The van der Waals surface area contributed by atoms with E-state index in [1.165, 1.54) is 0 Å². The zero-order valence-corrected chi connectivity index (χ0v) is 10.7. The third-order valence-corrected chi connectivity index (χ3v) is 0. The van der Waals surface area contributed by atoms with Gasteiger partial charge in [0.1, 0.15) is 0 Å². The van der Waals surface area contributed by atoms with Gasteiger partial charge in [0.2, 0.25) is 0 Å². The van der Waals surface area contributed by atoms with Crippen LogP contribution in [0.15, 0.2) is 0 Å². The van der Waals surface area contributed by atoms with Crippen molar-refractivity contribution in [1.29, 1.82) is 0 Å². The molecule has 0 aliphatic heterocycles. The standard InChI is InChI=1S/Cr.Fe.Mo.V.W. The summed E-state index contributed by atoms with van der Waals surface area (Å²) in [5, 5.41) is 0. The third kappa shape index (κ3) is 19.4. The minimum atomic E-state index is 0. The number of rotatable bonds is 0. The van der Waals surface area contributed by atoms with Crippen molar-refractivity contribution < 1.29 is 88.0 Å². The van der Waals surface area contributed by atoms with Crippen LogP contribution in [-0.2, 0) is 88.0 Å². The van der Waals surface area contributed by atoms with E-state index in [0.717, 1.165) is 0 Å². The maximum absolute atomic E-state index is 2.64. The van der Waals surface area contributed by atoms with E-state index in [1.54, 1.807) is 0 Å². The molecule has 0 bridgehead atoms. The maximum atomic E-state index is 2.64. The van der Waals surface area contributed by atoms with Crippen LogP contribution in [0.5, 0.6) is 0 Å². The summed E-state index contributed by atoms with van der Waals surface area (Å²) in [5.74, 6) is 0. The minimum Gasteiger partial charge on any atom is 0 e. The molecule has 0 aliphatic carbocycles. The van der Waals surface area contributed by atoms with Gasteiger partial charge in [0.25, 0.3) is 0 Å². The van der Waals surface area contributed by atoms with E-state index in [1.807, 2.05) is 17.7 Å². The second-order valence-corrected chi connectivity index (χ2v) is 0. The molecular weight excluding hydrogens is 439 g/mol. The maximum Gasteiger partial charge on any atom is 0 e. The Morgan fingerprint density at radius 1 is 1.20 bits per heavy atom. The van der Waals surface area contributed by atoms with Crippen molar-refractivity contribution in [1.82, 2.24) is 0 Å². The average Bonchev–Trinajstić information content (AvgIpc) is 1.00. The van der Waals surface area contributed by atoms with Crippen LogP contribution < -0.4 is 0 Å². The Kier molecular flexibility index (Phi) is 137. The van der Waals surface area contributed by atoms with Gasteiger partial charge in [-0.3, -0.25) is 0 Å². The van der Waals surface area contributed by atoms with Crippen LogP contribution >= 0.6 is 0 Å². The summed E-state index contributed by atoms with van der Waals surface area (Å²) >= 11 is 4.46. The molecule has 0 aromatic heterocycles. The zero-order valence-electron chi connectivity index (χ0n) is 2.03. The summed E-state index contributed by atoms with van der Waals surface area (Å²) in [4.78, 5) is 0. The van der Waals surface area contributed by atoms with E-state index in [9.17, 15) is 0 Å². The van der Waals surface area contributed by atoms with Gasteiger partial charge in [-0.1, -0.05) is 0 Å². The summed E-state index contributed by atoms with van der Waals surface area (Å²) in [5.41, 5.74) is 0. The number of hydrogen-bond donors (Lipinski definition) is 0. The van der Waals surface area contributed by atoms with Crippen LogP contribution in [0.3, 0.4) is 0 Å². The van der Waals surface area contributed by atoms with Gasteiger partial charge in [0.15, 0.2) is 0 Å². The first kappa shape index (κ1) is 24.5. The van der Waals surface area contributed by atoms with Crippen molar-refractivity contribution in [2.75, 3.05) is 0 Å². The Labute approximate surface area is 86.5 Å². The Bertz CT molecular complexity index is 11.6. The van der Waals surface area contributed by atoms with Crippen LogP contribution in [0.1, 0.15) is 0 Å². The van der Waals surface area contributed by atoms with Crippen molar-refractivity contribution in [2.24, 2.45) is 0 Å². The molecule has 31 valence electrons.